The summed E-state index contributed by atoms with van der Waals surface area (Å²) < 4.78 is 38.9. The van der Waals surface area contributed by atoms with Gasteiger partial charge in [-0.3, -0.25) is 0 Å². The Balaban J connectivity index is 1.48. The van der Waals surface area contributed by atoms with Gasteiger partial charge in [0.15, 0.2) is 32.8 Å². The van der Waals surface area contributed by atoms with Crippen LogP contribution in [0.15, 0.2) is 90.2 Å². The van der Waals surface area contributed by atoms with E-state index in [9.17, 15) is 13.2 Å². The van der Waals surface area contributed by atoms with Gasteiger partial charge < -0.3 is 24.3 Å². The van der Waals surface area contributed by atoms with Crippen LogP contribution in [0.4, 0.5) is 11.5 Å². The van der Waals surface area contributed by atoms with Gasteiger partial charge in [0.1, 0.15) is 0 Å². The van der Waals surface area contributed by atoms with Crippen molar-refractivity contribution in [3.8, 4) is 22.8 Å². The van der Waals surface area contributed by atoms with Gasteiger partial charge >= 0.3 is 5.97 Å². The summed E-state index contributed by atoms with van der Waals surface area (Å²) in [6, 6.07) is 17.7. The SMILES string of the molecule is COc1ccc(Nc2nc(-c3cccc(S(=O)(=O)Cc4ccc(C(=O)O)cc4)c3)cn3ccnc23)cc1OC. The van der Waals surface area contributed by atoms with Gasteiger partial charge in [-0.15, -0.1) is 0 Å². The molecule has 39 heavy (non-hydrogen) atoms. The molecule has 0 fully saturated rings. The number of rotatable bonds is 9. The zero-order chi connectivity index (χ0) is 27.6. The maximum atomic E-state index is 13.2. The van der Waals surface area contributed by atoms with Gasteiger partial charge in [-0.05, 0) is 42.0 Å². The van der Waals surface area contributed by atoms with Crippen LogP contribution in [0.3, 0.4) is 0 Å². The number of ether oxygens (including phenoxy) is 2. The molecule has 0 saturated carbocycles. The summed E-state index contributed by atoms with van der Waals surface area (Å²) in [5.74, 6) is 0.271. The number of nitrogens with one attached hydrogen (secondary N) is 1. The Hall–Kier alpha value is -4.90. The zero-order valence-electron chi connectivity index (χ0n) is 21.0. The van der Waals surface area contributed by atoms with E-state index in [2.05, 4.69) is 10.3 Å². The van der Waals surface area contributed by atoms with E-state index < -0.39 is 15.8 Å². The van der Waals surface area contributed by atoms with Crippen molar-refractivity contribution in [1.82, 2.24) is 14.4 Å². The summed E-state index contributed by atoms with van der Waals surface area (Å²) in [5, 5.41) is 12.3. The van der Waals surface area contributed by atoms with Crippen LogP contribution < -0.4 is 14.8 Å². The second kappa shape index (κ2) is 10.5. The lowest BCUT2D eigenvalue weighted by molar-refractivity contribution is 0.0697. The maximum absolute atomic E-state index is 13.2. The summed E-state index contributed by atoms with van der Waals surface area (Å²) in [4.78, 5) is 20.4. The first-order chi connectivity index (χ1) is 18.8. The molecule has 2 heterocycles. The predicted octanol–water partition coefficient (Wildman–Crippen LogP) is 4.83. The van der Waals surface area contributed by atoms with E-state index in [1.54, 1.807) is 67.5 Å². The fourth-order valence-electron chi connectivity index (χ4n) is 4.10. The molecule has 0 radical (unpaired) electrons. The van der Waals surface area contributed by atoms with E-state index in [4.69, 9.17) is 19.6 Å². The third-order valence-electron chi connectivity index (χ3n) is 6.07. The van der Waals surface area contributed by atoms with Gasteiger partial charge in [0.2, 0.25) is 0 Å². The average Bonchev–Trinajstić information content (AvgIpc) is 3.42. The van der Waals surface area contributed by atoms with Crippen LogP contribution >= 0.6 is 0 Å². The zero-order valence-corrected chi connectivity index (χ0v) is 21.8. The van der Waals surface area contributed by atoms with E-state index in [-0.39, 0.29) is 16.2 Å². The first-order valence-corrected chi connectivity index (χ1v) is 13.4. The van der Waals surface area contributed by atoms with Crippen molar-refractivity contribution >= 4 is 33.0 Å². The van der Waals surface area contributed by atoms with Crippen molar-refractivity contribution < 1.29 is 27.8 Å². The van der Waals surface area contributed by atoms with Gasteiger partial charge in [-0.2, -0.15) is 0 Å². The molecule has 0 aliphatic heterocycles. The molecule has 5 rings (SSSR count). The fourth-order valence-corrected chi connectivity index (χ4v) is 5.49. The predicted molar refractivity (Wildman–Crippen MR) is 146 cm³/mol. The van der Waals surface area contributed by atoms with E-state index in [1.165, 1.54) is 30.3 Å². The molecule has 0 aliphatic carbocycles. The van der Waals surface area contributed by atoms with Crippen molar-refractivity contribution in [2.75, 3.05) is 19.5 Å². The number of benzene rings is 3. The summed E-state index contributed by atoms with van der Waals surface area (Å²) >= 11 is 0. The van der Waals surface area contributed by atoms with Crippen LogP contribution in [0, 0.1) is 0 Å². The number of hydrogen-bond acceptors (Lipinski definition) is 8. The van der Waals surface area contributed by atoms with Crippen molar-refractivity contribution in [1.29, 1.82) is 0 Å². The Morgan fingerprint density at radius 1 is 1.00 bits per heavy atom. The molecule has 0 atom stereocenters. The minimum atomic E-state index is -3.72. The number of methoxy groups -OCH3 is 2. The number of aromatic carboxylic acids is 1. The van der Waals surface area contributed by atoms with Crippen LogP contribution in [0.5, 0.6) is 11.5 Å². The molecule has 3 aromatic carbocycles. The quantitative estimate of drug-likeness (QED) is 0.268. The van der Waals surface area contributed by atoms with Gasteiger partial charge in [0.05, 0.1) is 36.1 Å². The molecule has 0 saturated heterocycles. The van der Waals surface area contributed by atoms with Crippen molar-refractivity contribution in [2.24, 2.45) is 0 Å². The van der Waals surface area contributed by atoms with E-state index in [0.717, 1.165) is 0 Å². The third-order valence-corrected chi connectivity index (χ3v) is 7.75. The molecule has 2 aromatic heterocycles. The Morgan fingerprint density at radius 2 is 1.77 bits per heavy atom. The normalized spacial score (nSPS) is 11.3. The lowest BCUT2D eigenvalue weighted by atomic mass is 10.1. The highest BCUT2D eigenvalue weighted by molar-refractivity contribution is 7.90. The number of imidazole rings is 1. The molecule has 0 amide bonds. The van der Waals surface area contributed by atoms with E-state index >= 15 is 0 Å². The van der Waals surface area contributed by atoms with Gasteiger partial charge in [-0.25, -0.2) is 23.2 Å². The van der Waals surface area contributed by atoms with E-state index in [0.29, 0.717) is 45.5 Å². The summed E-state index contributed by atoms with van der Waals surface area (Å²) in [6.07, 6.45) is 5.21. The molecular formula is C28H24N4O6S. The highest BCUT2D eigenvalue weighted by atomic mass is 32.2. The first-order valence-electron chi connectivity index (χ1n) is 11.8. The number of carbonyl (C=O) groups is 1. The van der Waals surface area contributed by atoms with Crippen molar-refractivity contribution in [2.45, 2.75) is 10.6 Å². The average molecular weight is 545 g/mol. The molecule has 0 aliphatic rings. The number of fused-ring (bicyclic) bond motifs is 1. The van der Waals surface area contributed by atoms with Crippen LogP contribution in [-0.4, -0.2) is 48.1 Å². The van der Waals surface area contributed by atoms with Crippen LogP contribution in [0.1, 0.15) is 15.9 Å². The fraction of sp³-hybridized carbons (Fsp3) is 0.107. The molecule has 10 nitrogen and oxygen atoms in total. The van der Waals surface area contributed by atoms with E-state index in [1.807, 2.05) is 6.07 Å². The maximum Gasteiger partial charge on any atom is 0.335 e. The molecular weight excluding hydrogens is 520 g/mol. The molecule has 11 heteroatoms. The van der Waals surface area contributed by atoms with Gasteiger partial charge in [0.25, 0.3) is 0 Å². The lowest BCUT2D eigenvalue weighted by Gasteiger charge is -2.13. The smallest absolute Gasteiger partial charge is 0.335 e. The largest absolute Gasteiger partial charge is 0.493 e. The molecule has 5 aromatic rings. The standard InChI is InChI=1S/C28H24N4O6S/c1-37-24-11-10-21(15-25(24)38-2)30-26-27-29-12-13-32(27)16-23(31-26)20-4-3-5-22(14-20)39(35,36)17-18-6-8-19(9-7-18)28(33)34/h3-16H,17H2,1-2H3,(H,30,31)(H,33,34). The summed E-state index contributed by atoms with van der Waals surface area (Å²) in [6.45, 7) is 0. The lowest BCUT2D eigenvalue weighted by Crippen LogP contribution is -2.06. The van der Waals surface area contributed by atoms with Crippen LogP contribution in [0.25, 0.3) is 16.9 Å². The second-order valence-electron chi connectivity index (χ2n) is 8.62. The number of nitrogens with zero attached hydrogens (tertiary/aromatic N) is 3. The number of carboxylic acids is 1. The molecule has 198 valence electrons. The van der Waals surface area contributed by atoms with Crippen LogP contribution in [0.2, 0.25) is 0 Å². The third kappa shape index (κ3) is 5.39. The summed E-state index contributed by atoms with van der Waals surface area (Å²) in [7, 11) is -0.599. The topological polar surface area (TPSA) is 132 Å². The second-order valence-corrected chi connectivity index (χ2v) is 10.6. The number of anilines is 2. The number of sulfone groups is 1. The van der Waals surface area contributed by atoms with Gasteiger partial charge in [0, 0.05) is 35.9 Å². The number of aromatic nitrogens is 3. The minimum absolute atomic E-state index is 0.0941. The highest BCUT2D eigenvalue weighted by Crippen LogP contribution is 2.32. The monoisotopic (exact) mass is 544 g/mol. The highest BCUT2D eigenvalue weighted by Gasteiger charge is 2.18. The van der Waals surface area contributed by atoms with Crippen molar-refractivity contribution in [3.05, 3.63) is 96.4 Å². The molecule has 0 unspecified atom stereocenters. The molecule has 2 N–H and O–H groups in total. The van der Waals surface area contributed by atoms with Crippen LogP contribution in [-0.2, 0) is 15.6 Å². The first kappa shape index (κ1) is 25.7. The Kier molecular flexibility index (Phi) is 6.90. The minimum Gasteiger partial charge on any atom is -0.493 e. The molecule has 0 bridgehead atoms. The molecule has 0 spiro atoms. The summed E-state index contributed by atoms with van der Waals surface area (Å²) in [5.41, 5.74) is 3.01. The Morgan fingerprint density at radius 3 is 2.49 bits per heavy atom. The number of carboxylic acid groups (broad SMARTS) is 1. The number of hydrogen-bond donors (Lipinski definition) is 2. The van der Waals surface area contributed by atoms with Crippen molar-refractivity contribution in [3.63, 3.8) is 0 Å². The van der Waals surface area contributed by atoms with Gasteiger partial charge in [-0.1, -0.05) is 24.3 Å². The Labute approximate surface area is 224 Å². The Bertz CT molecular complexity index is 1780.